The van der Waals surface area contributed by atoms with Crippen LogP contribution in [0.15, 0.2) is 136 Å². The van der Waals surface area contributed by atoms with E-state index in [0.717, 1.165) is 71.4 Å². The van der Waals surface area contributed by atoms with E-state index in [9.17, 15) is 0 Å². The van der Waals surface area contributed by atoms with Crippen LogP contribution in [-0.4, -0.2) is 4.98 Å². The van der Waals surface area contributed by atoms with Gasteiger partial charge in [0.05, 0.1) is 12.6 Å². The molecule has 0 spiro atoms. The normalized spacial score (nSPS) is 11.3. The first-order valence-corrected chi connectivity index (χ1v) is 13.7. The molecule has 0 aliphatic heterocycles. The van der Waals surface area contributed by atoms with Crippen molar-refractivity contribution in [1.29, 1.82) is 0 Å². The maximum absolute atomic E-state index is 6.37. The highest BCUT2D eigenvalue weighted by atomic mass is 79.9. The lowest BCUT2D eigenvalue weighted by atomic mass is 9.99. The number of fused-ring (bicyclic) bond motifs is 3. The molecule has 7 rings (SSSR count). The molecule has 0 saturated heterocycles. The Morgan fingerprint density at radius 2 is 1.31 bits per heavy atom. The van der Waals surface area contributed by atoms with E-state index >= 15 is 0 Å². The summed E-state index contributed by atoms with van der Waals surface area (Å²) in [5.74, 6) is 0.901. The summed E-state index contributed by atoms with van der Waals surface area (Å²) >= 11 is 3.60. The van der Waals surface area contributed by atoms with Crippen molar-refractivity contribution in [3.63, 3.8) is 0 Å². The van der Waals surface area contributed by atoms with Gasteiger partial charge in [0, 0.05) is 38.0 Å². The fraction of sp³-hybridized carbons (Fsp3) is 0.0286. The number of furan rings is 1. The lowest BCUT2D eigenvalue weighted by Gasteiger charge is -2.10. The molecule has 0 unspecified atom stereocenters. The van der Waals surface area contributed by atoms with Crippen LogP contribution in [0.1, 0.15) is 0 Å². The average Bonchev–Trinajstić information content (AvgIpc) is 3.36. The second kappa shape index (κ2) is 9.64. The highest BCUT2D eigenvalue weighted by Gasteiger charge is 2.22. The van der Waals surface area contributed by atoms with Crippen LogP contribution in [0.2, 0.25) is 0 Å². The standard InChI is InChI=1S/C35H24BrN2O/c1-38-32(24-12-6-3-7-13-24)22-31(23-10-4-2-5-11-23)37-35(38)26-15-8-14-25(20-26)28-16-9-17-29-30-21-27(36)18-19-33(30)39-34(28)29/h2-22H,1H3/q+1. The summed E-state index contributed by atoms with van der Waals surface area (Å²) in [6.07, 6.45) is 0. The zero-order valence-corrected chi connectivity index (χ0v) is 22.9. The maximum Gasteiger partial charge on any atom is 0.331 e. The quantitative estimate of drug-likeness (QED) is 0.198. The monoisotopic (exact) mass is 567 g/mol. The van der Waals surface area contributed by atoms with E-state index in [1.807, 2.05) is 24.3 Å². The Morgan fingerprint density at radius 3 is 2.10 bits per heavy atom. The third-order valence-corrected chi connectivity index (χ3v) is 7.70. The van der Waals surface area contributed by atoms with Crippen molar-refractivity contribution >= 4 is 37.9 Å². The molecule has 0 aliphatic carbocycles. The number of hydrogen-bond donors (Lipinski definition) is 0. The topological polar surface area (TPSA) is 29.9 Å². The molecule has 0 bridgehead atoms. The third kappa shape index (κ3) is 4.23. The molecular weight excluding hydrogens is 544 g/mol. The summed E-state index contributed by atoms with van der Waals surface area (Å²) in [4.78, 5) is 5.17. The van der Waals surface area contributed by atoms with Crippen molar-refractivity contribution in [2.75, 3.05) is 0 Å². The van der Waals surface area contributed by atoms with E-state index in [1.165, 1.54) is 0 Å². The summed E-state index contributed by atoms with van der Waals surface area (Å²) in [6, 6.07) is 44.1. The second-order valence-electron chi connectivity index (χ2n) is 9.65. The molecule has 2 heterocycles. The number of nitrogens with zero attached hydrogens (tertiary/aromatic N) is 2. The summed E-state index contributed by atoms with van der Waals surface area (Å²) in [5.41, 5.74) is 9.25. The Kier molecular flexibility index (Phi) is 5.83. The number of rotatable bonds is 4. The zero-order valence-electron chi connectivity index (χ0n) is 21.3. The lowest BCUT2D eigenvalue weighted by molar-refractivity contribution is -0.651. The number of hydrogen-bond acceptors (Lipinski definition) is 2. The largest absolute Gasteiger partial charge is 0.455 e. The fourth-order valence-electron chi connectivity index (χ4n) is 5.29. The lowest BCUT2D eigenvalue weighted by Crippen LogP contribution is -2.35. The van der Waals surface area contributed by atoms with Gasteiger partial charge < -0.3 is 4.42 Å². The van der Waals surface area contributed by atoms with Gasteiger partial charge in [0.15, 0.2) is 5.69 Å². The highest BCUT2D eigenvalue weighted by Crippen LogP contribution is 2.37. The first-order chi connectivity index (χ1) is 19.2. The van der Waals surface area contributed by atoms with Crippen LogP contribution in [-0.2, 0) is 7.05 Å². The van der Waals surface area contributed by atoms with E-state index in [0.29, 0.717) is 0 Å². The third-order valence-electron chi connectivity index (χ3n) is 7.21. The van der Waals surface area contributed by atoms with Gasteiger partial charge in [-0.2, -0.15) is 0 Å². The Morgan fingerprint density at radius 1 is 0.615 bits per heavy atom. The molecule has 7 aromatic rings. The number of para-hydroxylation sites is 1. The molecule has 2 aromatic heterocycles. The Labute approximate surface area is 235 Å². The number of aromatic nitrogens is 2. The van der Waals surface area contributed by atoms with Crippen molar-refractivity contribution in [3.8, 4) is 45.0 Å². The van der Waals surface area contributed by atoms with Gasteiger partial charge in [-0.05, 0) is 40.9 Å². The van der Waals surface area contributed by atoms with Crippen LogP contribution < -0.4 is 4.57 Å². The molecule has 0 fully saturated rings. The van der Waals surface area contributed by atoms with Gasteiger partial charge in [-0.1, -0.05) is 107 Å². The van der Waals surface area contributed by atoms with E-state index in [4.69, 9.17) is 9.40 Å². The first-order valence-electron chi connectivity index (χ1n) is 12.9. The highest BCUT2D eigenvalue weighted by molar-refractivity contribution is 9.10. The summed E-state index contributed by atoms with van der Waals surface area (Å²) in [6.45, 7) is 0. The molecule has 5 aromatic carbocycles. The molecule has 0 atom stereocenters. The van der Waals surface area contributed by atoms with E-state index in [1.54, 1.807) is 0 Å². The van der Waals surface area contributed by atoms with Gasteiger partial charge in [0.25, 0.3) is 0 Å². The predicted molar refractivity (Wildman–Crippen MR) is 162 cm³/mol. The van der Waals surface area contributed by atoms with E-state index in [-0.39, 0.29) is 0 Å². The first kappa shape index (κ1) is 23.6. The number of halogens is 1. The Bertz CT molecular complexity index is 1980. The minimum absolute atomic E-state index is 0.882. The number of benzene rings is 5. The van der Waals surface area contributed by atoms with E-state index in [2.05, 4.69) is 131 Å². The summed E-state index contributed by atoms with van der Waals surface area (Å²) in [5, 5.41) is 2.21. The zero-order chi connectivity index (χ0) is 26.3. The van der Waals surface area contributed by atoms with Crippen molar-refractivity contribution in [1.82, 2.24) is 4.98 Å². The van der Waals surface area contributed by atoms with Crippen LogP contribution in [0, 0.1) is 0 Å². The molecule has 0 N–H and O–H groups in total. The molecule has 3 nitrogen and oxygen atoms in total. The Balaban J connectivity index is 1.43. The van der Waals surface area contributed by atoms with Crippen LogP contribution >= 0.6 is 15.9 Å². The van der Waals surface area contributed by atoms with Gasteiger partial charge in [0.2, 0.25) is 0 Å². The van der Waals surface area contributed by atoms with Gasteiger partial charge in [-0.15, -0.1) is 0 Å². The molecule has 186 valence electrons. The molecule has 0 radical (unpaired) electrons. The SMILES string of the molecule is C[n+]1c(-c2ccccc2)cc(-c2ccccc2)nc1-c1cccc(-c2cccc3c2oc2ccc(Br)cc23)c1. The summed E-state index contributed by atoms with van der Waals surface area (Å²) in [7, 11) is 2.09. The van der Waals surface area contributed by atoms with Gasteiger partial charge >= 0.3 is 5.82 Å². The van der Waals surface area contributed by atoms with Crippen molar-refractivity contribution in [3.05, 3.63) is 132 Å². The second-order valence-corrected chi connectivity index (χ2v) is 10.6. The van der Waals surface area contributed by atoms with Gasteiger partial charge in [0.1, 0.15) is 16.9 Å². The molecule has 4 heteroatoms. The molecule has 0 aliphatic rings. The van der Waals surface area contributed by atoms with Gasteiger partial charge in [-0.3, -0.25) is 0 Å². The van der Waals surface area contributed by atoms with Crippen LogP contribution in [0.4, 0.5) is 0 Å². The molecule has 0 saturated carbocycles. The predicted octanol–water partition coefficient (Wildman–Crippen LogP) is 9.24. The summed E-state index contributed by atoms with van der Waals surface area (Å²) < 4.78 is 9.59. The van der Waals surface area contributed by atoms with Crippen molar-refractivity contribution < 1.29 is 8.98 Å². The molecule has 0 amide bonds. The van der Waals surface area contributed by atoms with Gasteiger partial charge in [-0.25, -0.2) is 4.57 Å². The van der Waals surface area contributed by atoms with Crippen LogP contribution in [0.5, 0.6) is 0 Å². The minimum Gasteiger partial charge on any atom is -0.455 e. The Hall–Kier alpha value is -4.54. The van der Waals surface area contributed by atoms with Crippen LogP contribution in [0.25, 0.3) is 67.0 Å². The van der Waals surface area contributed by atoms with Crippen LogP contribution in [0.3, 0.4) is 0 Å². The molecule has 39 heavy (non-hydrogen) atoms. The van der Waals surface area contributed by atoms with Crippen molar-refractivity contribution in [2.24, 2.45) is 7.05 Å². The maximum atomic E-state index is 6.37. The molecular formula is C35H24BrN2O+. The minimum atomic E-state index is 0.882. The van der Waals surface area contributed by atoms with Crippen molar-refractivity contribution in [2.45, 2.75) is 0 Å². The van der Waals surface area contributed by atoms with E-state index < -0.39 is 0 Å². The average molecular weight is 568 g/mol. The smallest absolute Gasteiger partial charge is 0.331 e. The fourth-order valence-corrected chi connectivity index (χ4v) is 5.65.